The van der Waals surface area contributed by atoms with E-state index in [9.17, 15) is 4.79 Å². The summed E-state index contributed by atoms with van der Waals surface area (Å²) in [5.74, 6) is 0.361. The quantitative estimate of drug-likeness (QED) is 0.679. The molecule has 4 heterocycles. The molecule has 0 aromatic carbocycles. The predicted octanol–water partition coefficient (Wildman–Crippen LogP) is 3.55. The number of pyridine rings is 1. The van der Waals surface area contributed by atoms with E-state index >= 15 is 0 Å². The highest BCUT2D eigenvalue weighted by molar-refractivity contribution is 7.10. The third-order valence-electron chi connectivity index (χ3n) is 6.33. The first kappa shape index (κ1) is 17.9. The Labute approximate surface area is 169 Å². The van der Waals surface area contributed by atoms with Gasteiger partial charge in [-0.1, -0.05) is 25.0 Å². The predicted molar refractivity (Wildman–Crippen MR) is 112 cm³/mol. The molecule has 1 saturated heterocycles. The lowest BCUT2D eigenvalue weighted by molar-refractivity contribution is -0.139. The van der Waals surface area contributed by atoms with Crippen molar-refractivity contribution in [2.75, 3.05) is 26.2 Å². The largest absolute Gasteiger partial charge is 0.339 e. The number of piperazine rings is 1. The Bertz CT molecular complexity index is 917. The molecule has 1 aliphatic carbocycles. The van der Waals surface area contributed by atoms with Crippen LogP contribution >= 0.6 is 11.3 Å². The molecule has 0 radical (unpaired) electrons. The molecule has 1 aliphatic heterocycles. The first-order valence-corrected chi connectivity index (χ1v) is 11.1. The highest BCUT2D eigenvalue weighted by Gasteiger charge is 2.46. The van der Waals surface area contributed by atoms with Gasteiger partial charge in [0.05, 0.1) is 16.6 Å². The van der Waals surface area contributed by atoms with Crippen LogP contribution in [0, 0.1) is 0 Å². The Hall–Kier alpha value is -2.18. The minimum absolute atomic E-state index is 0.252. The normalized spacial score (nSPS) is 20.1. The fraction of sp³-hybridized carbons (Fsp3) is 0.455. The van der Waals surface area contributed by atoms with E-state index in [1.807, 2.05) is 22.8 Å². The molecular weight excluding hydrogens is 368 g/mol. The van der Waals surface area contributed by atoms with Crippen LogP contribution in [0.2, 0.25) is 0 Å². The molecule has 6 heteroatoms. The van der Waals surface area contributed by atoms with Gasteiger partial charge in [-0.25, -0.2) is 4.52 Å². The Morgan fingerprint density at radius 1 is 1.07 bits per heavy atom. The van der Waals surface area contributed by atoms with E-state index < -0.39 is 0 Å². The zero-order valence-corrected chi connectivity index (χ0v) is 16.9. The van der Waals surface area contributed by atoms with Crippen molar-refractivity contribution in [3.63, 3.8) is 0 Å². The number of carbonyl (C=O) groups excluding carboxylic acids is 1. The first-order chi connectivity index (χ1) is 13.7. The van der Waals surface area contributed by atoms with Crippen molar-refractivity contribution in [3.05, 3.63) is 58.5 Å². The van der Waals surface area contributed by atoms with E-state index in [4.69, 9.17) is 0 Å². The third-order valence-corrected chi connectivity index (χ3v) is 7.40. The molecule has 3 aromatic rings. The van der Waals surface area contributed by atoms with E-state index in [1.165, 1.54) is 4.88 Å². The van der Waals surface area contributed by atoms with E-state index in [0.717, 1.165) is 69.6 Å². The Balaban J connectivity index is 1.24. The van der Waals surface area contributed by atoms with Crippen LogP contribution in [0.1, 0.15) is 36.3 Å². The smallest absolute Gasteiger partial charge is 0.234 e. The summed E-state index contributed by atoms with van der Waals surface area (Å²) in [5.41, 5.74) is 1.97. The van der Waals surface area contributed by atoms with Crippen molar-refractivity contribution in [1.29, 1.82) is 0 Å². The molecule has 1 amide bonds. The van der Waals surface area contributed by atoms with Gasteiger partial charge in [0, 0.05) is 43.8 Å². The number of fused-ring (bicyclic) bond motifs is 1. The van der Waals surface area contributed by atoms with E-state index in [-0.39, 0.29) is 5.41 Å². The van der Waals surface area contributed by atoms with Gasteiger partial charge in [-0.3, -0.25) is 9.69 Å². The summed E-state index contributed by atoms with van der Waals surface area (Å²) in [6.45, 7) is 4.32. The summed E-state index contributed by atoms with van der Waals surface area (Å²) in [7, 11) is 0. The van der Waals surface area contributed by atoms with Gasteiger partial charge in [0.15, 0.2) is 0 Å². The van der Waals surface area contributed by atoms with Crippen LogP contribution in [0.5, 0.6) is 0 Å². The second kappa shape index (κ2) is 7.33. The molecular formula is C22H26N4OS. The summed E-state index contributed by atoms with van der Waals surface area (Å²) >= 11 is 1.75. The zero-order chi connectivity index (χ0) is 19.0. The summed E-state index contributed by atoms with van der Waals surface area (Å²) in [6.07, 6.45) is 6.33. The van der Waals surface area contributed by atoms with Gasteiger partial charge in [0.2, 0.25) is 5.91 Å². The number of hydrogen-bond donors (Lipinski definition) is 0. The van der Waals surface area contributed by atoms with Gasteiger partial charge in [-0.2, -0.15) is 5.10 Å². The maximum atomic E-state index is 13.5. The second-order valence-corrected chi connectivity index (χ2v) is 8.99. The van der Waals surface area contributed by atoms with Crippen LogP contribution < -0.4 is 0 Å². The SMILES string of the molecule is O=C(N1CCN(Cc2cc3ccccn3n2)CC1)C1(c2cccs2)CCCC1. The maximum absolute atomic E-state index is 13.5. The number of thiophene rings is 1. The van der Waals surface area contributed by atoms with Crippen LogP contribution in [-0.2, 0) is 16.8 Å². The van der Waals surface area contributed by atoms with Gasteiger partial charge < -0.3 is 4.90 Å². The molecule has 1 saturated carbocycles. The van der Waals surface area contributed by atoms with E-state index in [1.54, 1.807) is 11.3 Å². The molecule has 0 spiro atoms. The maximum Gasteiger partial charge on any atom is 0.234 e. The molecule has 3 aromatic heterocycles. The number of amides is 1. The van der Waals surface area contributed by atoms with Crippen molar-refractivity contribution in [3.8, 4) is 0 Å². The van der Waals surface area contributed by atoms with Crippen molar-refractivity contribution in [1.82, 2.24) is 19.4 Å². The van der Waals surface area contributed by atoms with Crippen molar-refractivity contribution in [2.45, 2.75) is 37.6 Å². The van der Waals surface area contributed by atoms with Crippen molar-refractivity contribution in [2.24, 2.45) is 0 Å². The van der Waals surface area contributed by atoms with Crippen molar-refractivity contribution >= 4 is 22.8 Å². The lowest BCUT2D eigenvalue weighted by atomic mass is 9.82. The second-order valence-electron chi connectivity index (χ2n) is 8.04. The summed E-state index contributed by atoms with van der Waals surface area (Å²) in [6, 6.07) is 12.5. The van der Waals surface area contributed by atoms with E-state index in [0.29, 0.717) is 5.91 Å². The fourth-order valence-electron chi connectivity index (χ4n) is 4.80. The standard InChI is InChI=1S/C22H26N4OS/c27-21(22(8-2-3-9-22)20-7-5-15-28-20)25-13-11-24(12-14-25)17-18-16-19-6-1-4-10-26(19)23-18/h1,4-7,10,15-16H,2-3,8-9,11-14,17H2. The Morgan fingerprint density at radius 3 is 2.61 bits per heavy atom. The average Bonchev–Trinajstić information content (AvgIpc) is 3.47. The van der Waals surface area contributed by atoms with Gasteiger partial charge in [-0.15, -0.1) is 11.3 Å². The molecule has 2 fully saturated rings. The minimum atomic E-state index is -0.252. The fourth-order valence-corrected chi connectivity index (χ4v) is 5.78. The minimum Gasteiger partial charge on any atom is -0.339 e. The topological polar surface area (TPSA) is 40.9 Å². The van der Waals surface area contributed by atoms with Crippen LogP contribution in [0.3, 0.4) is 0 Å². The Morgan fingerprint density at radius 2 is 1.89 bits per heavy atom. The lowest BCUT2D eigenvalue weighted by Crippen LogP contribution is -2.53. The molecule has 146 valence electrons. The van der Waals surface area contributed by atoms with Gasteiger partial charge in [0.1, 0.15) is 0 Å². The van der Waals surface area contributed by atoms with Crippen molar-refractivity contribution < 1.29 is 4.79 Å². The summed E-state index contributed by atoms with van der Waals surface area (Å²) in [4.78, 5) is 19.3. The van der Waals surface area contributed by atoms with Crippen LogP contribution in [-0.4, -0.2) is 51.5 Å². The monoisotopic (exact) mass is 394 g/mol. The zero-order valence-electron chi connectivity index (χ0n) is 16.1. The first-order valence-electron chi connectivity index (χ1n) is 10.2. The lowest BCUT2D eigenvalue weighted by Gasteiger charge is -2.39. The van der Waals surface area contributed by atoms with Gasteiger partial charge in [0.25, 0.3) is 0 Å². The van der Waals surface area contributed by atoms with Gasteiger partial charge >= 0.3 is 0 Å². The molecule has 0 unspecified atom stereocenters. The molecule has 5 rings (SSSR count). The third kappa shape index (κ3) is 3.14. The molecule has 0 bridgehead atoms. The molecule has 2 aliphatic rings. The molecule has 5 nitrogen and oxygen atoms in total. The van der Waals surface area contributed by atoms with E-state index in [2.05, 4.69) is 44.5 Å². The van der Waals surface area contributed by atoms with Crippen LogP contribution in [0.4, 0.5) is 0 Å². The molecule has 28 heavy (non-hydrogen) atoms. The van der Waals surface area contributed by atoms with Crippen LogP contribution in [0.25, 0.3) is 5.52 Å². The number of rotatable bonds is 4. The van der Waals surface area contributed by atoms with Crippen LogP contribution in [0.15, 0.2) is 48.0 Å². The van der Waals surface area contributed by atoms with Gasteiger partial charge in [-0.05, 0) is 42.5 Å². The highest BCUT2D eigenvalue weighted by Crippen LogP contribution is 2.44. The number of nitrogens with zero attached hydrogens (tertiary/aromatic N) is 4. The number of hydrogen-bond acceptors (Lipinski definition) is 4. The highest BCUT2D eigenvalue weighted by atomic mass is 32.1. The molecule has 0 N–H and O–H groups in total. The summed E-state index contributed by atoms with van der Waals surface area (Å²) < 4.78 is 1.93. The summed E-state index contributed by atoms with van der Waals surface area (Å²) in [5, 5.41) is 6.77. The Kier molecular flexibility index (Phi) is 4.69. The number of carbonyl (C=O) groups is 1. The number of aromatic nitrogens is 2. The average molecular weight is 395 g/mol. The molecule has 0 atom stereocenters.